The van der Waals surface area contributed by atoms with E-state index in [1.165, 1.54) is 31.9 Å². The van der Waals surface area contributed by atoms with Gasteiger partial charge in [0.25, 0.3) is 0 Å². The molecule has 5 nitrogen and oxygen atoms in total. The van der Waals surface area contributed by atoms with Crippen LogP contribution in [0.25, 0.3) is 0 Å². The van der Waals surface area contributed by atoms with E-state index < -0.39 is 10.0 Å². The van der Waals surface area contributed by atoms with Gasteiger partial charge < -0.3 is 5.32 Å². The second kappa shape index (κ2) is 9.10. The van der Waals surface area contributed by atoms with Crippen molar-refractivity contribution in [1.82, 2.24) is 4.31 Å². The molecule has 2 aromatic rings. The number of nitrogens with one attached hydrogen (secondary N) is 1. The lowest BCUT2D eigenvalue weighted by Gasteiger charge is -2.15. The number of carbonyl (C=O) groups excluding carboxylic acids is 1. The summed E-state index contributed by atoms with van der Waals surface area (Å²) in [5.41, 5.74) is 2.19. The highest BCUT2D eigenvalue weighted by molar-refractivity contribution is 8.00. The van der Waals surface area contributed by atoms with Gasteiger partial charge in [-0.05, 0) is 49.2 Å². The smallest absolute Gasteiger partial charge is 0.242 e. The minimum absolute atomic E-state index is 0.135. The highest BCUT2D eigenvalue weighted by Gasteiger charge is 2.20. The van der Waals surface area contributed by atoms with Crippen LogP contribution >= 0.6 is 23.4 Å². The lowest BCUT2D eigenvalue weighted by atomic mass is 10.2. The van der Waals surface area contributed by atoms with Crippen LogP contribution in [0.4, 0.5) is 5.69 Å². The van der Waals surface area contributed by atoms with Gasteiger partial charge in [-0.3, -0.25) is 4.79 Å². The summed E-state index contributed by atoms with van der Waals surface area (Å²) in [7, 11) is -0.603. The summed E-state index contributed by atoms with van der Waals surface area (Å²) >= 11 is 7.39. The molecule has 8 heteroatoms. The van der Waals surface area contributed by atoms with Crippen LogP contribution in [-0.4, -0.2) is 38.5 Å². The Balaban J connectivity index is 2.02. The number of hydrogen-bond acceptors (Lipinski definition) is 4. The van der Waals surface area contributed by atoms with Crippen LogP contribution in [0.15, 0.2) is 47.4 Å². The normalized spacial score (nSPS) is 12.8. The maximum absolute atomic E-state index is 12.4. The molecule has 0 aliphatic rings. The summed E-state index contributed by atoms with van der Waals surface area (Å²) in [4.78, 5) is 12.5. The van der Waals surface area contributed by atoms with Crippen molar-refractivity contribution in [2.75, 3.05) is 25.2 Å². The van der Waals surface area contributed by atoms with E-state index in [-0.39, 0.29) is 21.8 Å². The molecule has 0 saturated heterocycles. The molecule has 0 saturated carbocycles. The van der Waals surface area contributed by atoms with Gasteiger partial charge in [-0.15, -0.1) is 11.8 Å². The number of amides is 1. The van der Waals surface area contributed by atoms with E-state index in [9.17, 15) is 13.2 Å². The third kappa shape index (κ3) is 5.72. The van der Waals surface area contributed by atoms with E-state index in [2.05, 4.69) is 5.32 Å². The summed E-state index contributed by atoms with van der Waals surface area (Å²) in [5, 5.41) is 3.58. The second-order valence-corrected chi connectivity index (χ2v) is 10.2. The number of rotatable bonds is 7. The molecular weight excluding hydrogens is 404 g/mol. The molecule has 27 heavy (non-hydrogen) atoms. The van der Waals surface area contributed by atoms with Crippen molar-refractivity contribution in [2.45, 2.75) is 24.0 Å². The zero-order valence-corrected chi connectivity index (χ0v) is 18.1. The number of aryl methyl sites for hydroxylation is 1. The zero-order chi connectivity index (χ0) is 20.2. The largest absolute Gasteiger partial charge is 0.325 e. The Labute approximate surface area is 170 Å². The van der Waals surface area contributed by atoms with Gasteiger partial charge in [-0.25, -0.2) is 12.7 Å². The fraction of sp³-hybridized carbons (Fsp3) is 0.316. The van der Waals surface area contributed by atoms with Crippen LogP contribution in [-0.2, 0) is 14.8 Å². The maximum atomic E-state index is 12.4. The van der Waals surface area contributed by atoms with E-state index in [1.807, 2.05) is 31.2 Å². The van der Waals surface area contributed by atoms with Crippen molar-refractivity contribution in [2.24, 2.45) is 0 Å². The van der Waals surface area contributed by atoms with Crippen molar-refractivity contribution < 1.29 is 13.2 Å². The van der Waals surface area contributed by atoms with Crippen LogP contribution in [0, 0.1) is 6.92 Å². The molecular formula is C19H23ClN2O3S2. The predicted octanol–water partition coefficient (Wildman–Crippen LogP) is 4.33. The topological polar surface area (TPSA) is 66.5 Å². The first-order valence-corrected chi connectivity index (χ1v) is 11.2. The van der Waals surface area contributed by atoms with E-state index in [4.69, 9.17) is 11.6 Å². The summed E-state index contributed by atoms with van der Waals surface area (Å²) in [6.07, 6.45) is 0. The van der Waals surface area contributed by atoms with Gasteiger partial charge in [-0.1, -0.05) is 29.8 Å². The van der Waals surface area contributed by atoms with Crippen LogP contribution in [0.3, 0.4) is 0 Å². The molecule has 0 aromatic heterocycles. The number of sulfonamides is 1. The SMILES string of the molecule is Cc1ccc(NC(=O)CSC(C)c2ccc(Cl)cc2)cc1S(=O)(=O)N(C)C. The first-order valence-electron chi connectivity index (χ1n) is 8.31. The maximum Gasteiger partial charge on any atom is 0.242 e. The van der Waals surface area contributed by atoms with Gasteiger partial charge in [0.15, 0.2) is 0 Å². The van der Waals surface area contributed by atoms with Crippen molar-refractivity contribution in [3.8, 4) is 0 Å². The molecule has 146 valence electrons. The number of benzene rings is 2. The van der Waals surface area contributed by atoms with Gasteiger partial charge in [0.2, 0.25) is 15.9 Å². The molecule has 2 aromatic carbocycles. The lowest BCUT2D eigenvalue weighted by Crippen LogP contribution is -2.23. The third-order valence-corrected chi connectivity index (χ3v) is 7.44. The number of hydrogen-bond donors (Lipinski definition) is 1. The molecule has 0 aliphatic heterocycles. The van der Waals surface area contributed by atoms with Crippen LogP contribution in [0.5, 0.6) is 0 Å². The van der Waals surface area contributed by atoms with Gasteiger partial charge >= 0.3 is 0 Å². The molecule has 1 atom stereocenters. The van der Waals surface area contributed by atoms with E-state index in [0.29, 0.717) is 16.3 Å². The first-order chi connectivity index (χ1) is 12.6. The number of anilines is 1. The Hall–Kier alpha value is -1.54. The van der Waals surface area contributed by atoms with Crippen LogP contribution in [0.1, 0.15) is 23.3 Å². The molecule has 0 bridgehead atoms. The number of nitrogens with zero attached hydrogens (tertiary/aromatic N) is 1. The molecule has 1 amide bonds. The van der Waals surface area contributed by atoms with Crippen LogP contribution in [0.2, 0.25) is 5.02 Å². The van der Waals surface area contributed by atoms with Crippen molar-refractivity contribution >= 4 is 45.0 Å². The molecule has 1 unspecified atom stereocenters. The fourth-order valence-electron chi connectivity index (χ4n) is 2.38. The minimum Gasteiger partial charge on any atom is -0.325 e. The average Bonchev–Trinajstić information content (AvgIpc) is 2.61. The van der Waals surface area contributed by atoms with Crippen molar-refractivity contribution in [3.63, 3.8) is 0 Å². The minimum atomic E-state index is -3.57. The van der Waals surface area contributed by atoms with Crippen molar-refractivity contribution in [3.05, 3.63) is 58.6 Å². The Morgan fingerprint density at radius 2 is 1.81 bits per heavy atom. The second-order valence-electron chi connectivity index (χ2n) is 6.32. The van der Waals surface area contributed by atoms with Gasteiger partial charge in [-0.2, -0.15) is 0 Å². The van der Waals surface area contributed by atoms with Gasteiger partial charge in [0.1, 0.15) is 0 Å². The number of thioether (sulfide) groups is 1. The summed E-state index contributed by atoms with van der Waals surface area (Å²) < 4.78 is 25.9. The molecule has 0 radical (unpaired) electrons. The van der Waals surface area contributed by atoms with Gasteiger partial charge in [0.05, 0.1) is 10.6 Å². The van der Waals surface area contributed by atoms with E-state index in [0.717, 1.165) is 9.87 Å². The molecule has 0 aliphatic carbocycles. The summed E-state index contributed by atoms with van der Waals surface area (Å²) in [5.74, 6) is 0.0748. The van der Waals surface area contributed by atoms with E-state index in [1.54, 1.807) is 19.1 Å². The average molecular weight is 427 g/mol. The zero-order valence-electron chi connectivity index (χ0n) is 15.7. The monoisotopic (exact) mass is 426 g/mol. The Morgan fingerprint density at radius 3 is 2.41 bits per heavy atom. The highest BCUT2D eigenvalue weighted by Crippen LogP contribution is 2.29. The van der Waals surface area contributed by atoms with E-state index >= 15 is 0 Å². The summed E-state index contributed by atoms with van der Waals surface area (Å²) in [6.45, 7) is 3.75. The lowest BCUT2D eigenvalue weighted by molar-refractivity contribution is -0.113. The third-order valence-electron chi connectivity index (χ3n) is 4.03. The fourth-order valence-corrected chi connectivity index (χ4v) is 4.47. The Kier molecular flexibility index (Phi) is 7.33. The Bertz CT molecular complexity index is 913. The molecule has 2 rings (SSSR count). The quantitative estimate of drug-likeness (QED) is 0.715. The van der Waals surface area contributed by atoms with Crippen molar-refractivity contribution in [1.29, 1.82) is 0 Å². The first kappa shape index (κ1) is 21.8. The molecule has 0 fully saturated rings. The van der Waals surface area contributed by atoms with Gasteiger partial charge in [0, 0.05) is 30.1 Å². The molecule has 1 N–H and O–H groups in total. The molecule has 0 heterocycles. The number of halogens is 1. The molecule has 0 spiro atoms. The standard InChI is InChI=1S/C19H23ClN2O3S2/c1-13-5-10-17(11-18(13)27(24,25)22(3)4)21-19(23)12-26-14(2)15-6-8-16(20)9-7-15/h5-11,14H,12H2,1-4H3,(H,21,23). The van der Waals surface area contributed by atoms with Crippen LogP contribution < -0.4 is 5.32 Å². The predicted molar refractivity (Wildman–Crippen MR) is 113 cm³/mol. The summed E-state index contributed by atoms with van der Waals surface area (Å²) in [6, 6.07) is 12.4. The Morgan fingerprint density at radius 1 is 1.19 bits per heavy atom. The highest BCUT2D eigenvalue weighted by atomic mass is 35.5. The number of carbonyl (C=O) groups is 1.